The summed E-state index contributed by atoms with van der Waals surface area (Å²) in [7, 11) is 2.00. The first-order valence-corrected chi connectivity index (χ1v) is 8.88. The van der Waals surface area contributed by atoms with Gasteiger partial charge in [-0.2, -0.15) is 0 Å². The van der Waals surface area contributed by atoms with E-state index in [1.54, 1.807) is 11.8 Å². The Labute approximate surface area is 136 Å². The van der Waals surface area contributed by atoms with E-state index < -0.39 is 5.60 Å². The molecule has 118 valence electrons. The molecule has 0 spiro atoms. The van der Waals surface area contributed by atoms with Crippen molar-refractivity contribution in [1.82, 2.24) is 14.8 Å². The minimum absolute atomic E-state index is 0.530. The van der Waals surface area contributed by atoms with Gasteiger partial charge in [-0.3, -0.25) is 0 Å². The first kappa shape index (κ1) is 15.6. The average molecular weight is 317 g/mol. The topological polar surface area (TPSA) is 50.9 Å². The third-order valence-electron chi connectivity index (χ3n) is 4.48. The molecule has 1 heterocycles. The van der Waals surface area contributed by atoms with E-state index in [1.807, 2.05) is 23.7 Å². The highest BCUT2D eigenvalue weighted by Crippen LogP contribution is 2.33. The fourth-order valence-electron chi connectivity index (χ4n) is 3.05. The molecule has 1 aromatic heterocycles. The lowest BCUT2D eigenvalue weighted by atomic mass is 9.86. The summed E-state index contributed by atoms with van der Waals surface area (Å²) in [5, 5.41) is 20.1. The summed E-state index contributed by atoms with van der Waals surface area (Å²) in [5.41, 5.74) is 1.78. The number of hydrogen-bond acceptors (Lipinski definition) is 4. The standard InChI is InChI=1S/C17H23N3OS/c1-13-8-4-5-9-14(13)15-18-19-16(20(15)2)22-12-17(21)10-6-3-7-11-17/h4-5,8-9,21H,3,6-7,10-12H2,1-2H3. The number of aromatic nitrogens is 3. The Bertz CT molecular complexity index is 647. The molecule has 0 aliphatic heterocycles. The van der Waals surface area contributed by atoms with Crippen molar-refractivity contribution in [3.8, 4) is 11.4 Å². The van der Waals surface area contributed by atoms with Crippen LogP contribution in [-0.2, 0) is 7.05 Å². The summed E-state index contributed by atoms with van der Waals surface area (Å²) >= 11 is 1.61. The summed E-state index contributed by atoms with van der Waals surface area (Å²) < 4.78 is 2.03. The zero-order valence-corrected chi connectivity index (χ0v) is 14.1. The van der Waals surface area contributed by atoms with Crippen LogP contribution in [0.2, 0.25) is 0 Å². The molecule has 0 amide bonds. The summed E-state index contributed by atoms with van der Waals surface area (Å²) in [5.74, 6) is 1.59. The van der Waals surface area contributed by atoms with Crippen LogP contribution in [0.5, 0.6) is 0 Å². The minimum Gasteiger partial charge on any atom is -0.389 e. The molecule has 0 bridgehead atoms. The van der Waals surface area contributed by atoms with Crippen LogP contribution in [0, 0.1) is 6.92 Å². The molecule has 2 aromatic rings. The van der Waals surface area contributed by atoms with Gasteiger partial charge in [-0.1, -0.05) is 55.3 Å². The molecule has 0 atom stereocenters. The van der Waals surface area contributed by atoms with E-state index in [2.05, 4.69) is 29.3 Å². The van der Waals surface area contributed by atoms with E-state index in [9.17, 15) is 5.11 Å². The fourth-order valence-corrected chi connectivity index (χ4v) is 4.12. The molecule has 1 fully saturated rings. The number of rotatable bonds is 4. The van der Waals surface area contributed by atoms with Crippen molar-refractivity contribution >= 4 is 11.8 Å². The molecule has 1 aromatic carbocycles. The number of nitrogens with zero attached hydrogens (tertiary/aromatic N) is 3. The van der Waals surface area contributed by atoms with Crippen LogP contribution in [0.3, 0.4) is 0 Å². The molecule has 5 heteroatoms. The predicted molar refractivity (Wildman–Crippen MR) is 89.9 cm³/mol. The van der Waals surface area contributed by atoms with Crippen molar-refractivity contribution < 1.29 is 5.11 Å². The molecule has 1 saturated carbocycles. The van der Waals surface area contributed by atoms with Crippen LogP contribution in [0.25, 0.3) is 11.4 Å². The van der Waals surface area contributed by atoms with Gasteiger partial charge in [-0.05, 0) is 25.3 Å². The van der Waals surface area contributed by atoms with Gasteiger partial charge in [-0.25, -0.2) is 0 Å². The van der Waals surface area contributed by atoms with Crippen LogP contribution < -0.4 is 0 Å². The molecule has 22 heavy (non-hydrogen) atoms. The molecule has 3 rings (SSSR count). The van der Waals surface area contributed by atoms with Crippen LogP contribution in [0.1, 0.15) is 37.7 Å². The van der Waals surface area contributed by atoms with Gasteiger partial charge < -0.3 is 9.67 Å². The Balaban J connectivity index is 1.75. The third-order valence-corrected chi connectivity index (χ3v) is 5.77. The van der Waals surface area contributed by atoms with Crippen molar-refractivity contribution in [2.75, 3.05) is 5.75 Å². The van der Waals surface area contributed by atoms with E-state index in [1.165, 1.54) is 12.0 Å². The van der Waals surface area contributed by atoms with Crippen LogP contribution in [-0.4, -0.2) is 31.2 Å². The van der Waals surface area contributed by atoms with Crippen LogP contribution >= 0.6 is 11.8 Å². The monoisotopic (exact) mass is 317 g/mol. The van der Waals surface area contributed by atoms with E-state index in [0.29, 0.717) is 5.75 Å². The maximum Gasteiger partial charge on any atom is 0.191 e. The van der Waals surface area contributed by atoms with Gasteiger partial charge in [0.25, 0.3) is 0 Å². The number of benzene rings is 1. The largest absolute Gasteiger partial charge is 0.389 e. The van der Waals surface area contributed by atoms with Crippen molar-refractivity contribution in [3.63, 3.8) is 0 Å². The molecule has 1 aliphatic rings. The number of hydrogen-bond donors (Lipinski definition) is 1. The van der Waals surface area contributed by atoms with Gasteiger partial charge >= 0.3 is 0 Å². The summed E-state index contributed by atoms with van der Waals surface area (Å²) in [4.78, 5) is 0. The Morgan fingerprint density at radius 1 is 1.18 bits per heavy atom. The van der Waals surface area contributed by atoms with E-state index in [4.69, 9.17) is 0 Å². The Kier molecular flexibility index (Phi) is 4.54. The SMILES string of the molecule is Cc1ccccc1-c1nnc(SCC2(O)CCCCC2)n1C. The average Bonchev–Trinajstić information content (AvgIpc) is 2.88. The minimum atomic E-state index is -0.530. The molecule has 1 aliphatic carbocycles. The van der Waals surface area contributed by atoms with Gasteiger partial charge in [0.05, 0.1) is 5.60 Å². The molecule has 4 nitrogen and oxygen atoms in total. The lowest BCUT2D eigenvalue weighted by molar-refractivity contribution is 0.0272. The second-order valence-electron chi connectivity index (χ2n) is 6.25. The Hall–Kier alpha value is -1.33. The quantitative estimate of drug-likeness (QED) is 0.876. The van der Waals surface area contributed by atoms with Crippen LogP contribution in [0.4, 0.5) is 0 Å². The Morgan fingerprint density at radius 3 is 2.64 bits per heavy atom. The molecule has 0 unspecified atom stereocenters. The lowest BCUT2D eigenvalue weighted by Crippen LogP contribution is -2.34. The van der Waals surface area contributed by atoms with Gasteiger partial charge in [0.2, 0.25) is 0 Å². The molecular formula is C17H23N3OS. The maximum atomic E-state index is 10.6. The first-order chi connectivity index (χ1) is 10.6. The highest BCUT2D eigenvalue weighted by Gasteiger charge is 2.30. The number of aliphatic hydroxyl groups is 1. The zero-order chi connectivity index (χ0) is 15.6. The van der Waals surface area contributed by atoms with Crippen molar-refractivity contribution in [2.45, 2.75) is 49.8 Å². The van der Waals surface area contributed by atoms with E-state index in [0.717, 1.165) is 42.2 Å². The second kappa shape index (κ2) is 6.42. The Morgan fingerprint density at radius 2 is 1.91 bits per heavy atom. The number of aryl methyl sites for hydroxylation is 1. The summed E-state index contributed by atoms with van der Waals surface area (Å²) in [6, 6.07) is 8.21. The third kappa shape index (κ3) is 3.20. The lowest BCUT2D eigenvalue weighted by Gasteiger charge is -2.31. The van der Waals surface area contributed by atoms with E-state index in [-0.39, 0.29) is 0 Å². The van der Waals surface area contributed by atoms with Gasteiger partial charge in [-0.15, -0.1) is 10.2 Å². The number of thioether (sulfide) groups is 1. The molecule has 0 radical (unpaired) electrons. The highest BCUT2D eigenvalue weighted by atomic mass is 32.2. The first-order valence-electron chi connectivity index (χ1n) is 7.90. The van der Waals surface area contributed by atoms with Crippen molar-refractivity contribution in [2.24, 2.45) is 7.05 Å². The fraction of sp³-hybridized carbons (Fsp3) is 0.529. The maximum absolute atomic E-state index is 10.6. The van der Waals surface area contributed by atoms with Crippen molar-refractivity contribution in [3.05, 3.63) is 29.8 Å². The highest BCUT2D eigenvalue weighted by molar-refractivity contribution is 7.99. The predicted octanol–water partition coefficient (Wildman–Crippen LogP) is 3.58. The van der Waals surface area contributed by atoms with Crippen LogP contribution in [0.15, 0.2) is 29.4 Å². The van der Waals surface area contributed by atoms with Gasteiger partial charge in [0.1, 0.15) is 0 Å². The van der Waals surface area contributed by atoms with Gasteiger partial charge in [0, 0.05) is 18.4 Å². The zero-order valence-electron chi connectivity index (χ0n) is 13.2. The van der Waals surface area contributed by atoms with E-state index >= 15 is 0 Å². The summed E-state index contributed by atoms with van der Waals surface area (Å²) in [6.45, 7) is 2.08. The van der Waals surface area contributed by atoms with Gasteiger partial charge in [0.15, 0.2) is 11.0 Å². The molecule has 0 saturated heterocycles. The normalized spacial score (nSPS) is 17.6. The smallest absolute Gasteiger partial charge is 0.191 e. The van der Waals surface area contributed by atoms with Crippen molar-refractivity contribution in [1.29, 1.82) is 0 Å². The molecular weight excluding hydrogens is 294 g/mol. The second-order valence-corrected chi connectivity index (χ2v) is 7.20. The molecule has 1 N–H and O–H groups in total. The summed E-state index contributed by atoms with van der Waals surface area (Å²) in [6.07, 6.45) is 5.31.